The number of ether oxygens (including phenoxy) is 1. The topological polar surface area (TPSA) is 73.3 Å². The summed E-state index contributed by atoms with van der Waals surface area (Å²) in [7, 11) is -3.34. The van der Waals surface area contributed by atoms with Crippen LogP contribution >= 0.6 is 11.6 Å². The van der Waals surface area contributed by atoms with Gasteiger partial charge in [0.15, 0.2) is 9.84 Å². The third-order valence-electron chi connectivity index (χ3n) is 5.35. The van der Waals surface area contributed by atoms with Crippen LogP contribution in [-0.4, -0.2) is 25.6 Å². The minimum absolute atomic E-state index is 0.144. The highest BCUT2D eigenvalue weighted by molar-refractivity contribution is 7.90. The molecule has 0 amide bonds. The molecule has 0 saturated heterocycles. The molecule has 33 heavy (non-hydrogen) atoms. The monoisotopic (exact) mass is 479 g/mol. The fourth-order valence-electron chi connectivity index (χ4n) is 3.68. The lowest BCUT2D eigenvalue weighted by Gasteiger charge is -2.17. The number of fused-ring (bicyclic) bond motifs is 1. The summed E-state index contributed by atoms with van der Waals surface area (Å²) >= 11 is 6.39. The van der Waals surface area contributed by atoms with E-state index >= 15 is 0 Å². The standard InChI is InChI=1S/C26H22ClNO4S/c1-16(2)22-15-28-25-21(8-5-9-23(25)27)24(22)18-6-4-7-19(14-18)32-26(29)17-10-12-20(13-11-17)33(3,30)31/h4-16H,1-3H3. The van der Waals surface area contributed by atoms with Crippen molar-refractivity contribution in [1.29, 1.82) is 0 Å². The van der Waals surface area contributed by atoms with Gasteiger partial charge in [-0.2, -0.15) is 0 Å². The van der Waals surface area contributed by atoms with E-state index in [1.165, 1.54) is 24.3 Å². The molecule has 0 unspecified atom stereocenters. The zero-order valence-corrected chi connectivity index (χ0v) is 19.9. The van der Waals surface area contributed by atoms with Crippen LogP contribution < -0.4 is 4.74 Å². The molecular formula is C26H22ClNO4S. The van der Waals surface area contributed by atoms with Gasteiger partial charge in [0.05, 0.1) is 21.0 Å². The number of hydrogen-bond acceptors (Lipinski definition) is 5. The molecule has 1 heterocycles. The summed E-state index contributed by atoms with van der Waals surface area (Å²) in [5.74, 6) is 0.0285. The summed E-state index contributed by atoms with van der Waals surface area (Å²) < 4.78 is 28.9. The van der Waals surface area contributed by atoms with E-state index in [-0.39, 0.29) is 16.4 Å². The van der Waals surface area contributed by atoms with Gasteiger partial charge in [0.2, 0.25) is 0 Å². The van der Waals surface area contributed by atoms with Crippen molar-refractivity contribution in [2.24, 2.45) is 0 Å². The maximum atomic E-state index is 12.7. The van der Waals surface area contributed by atoms with E-state index in [1.54, 1.807) is 6.07 Å². The SMILES string of the molecule is CC(C)c1cnc2c(Cl)cccc2c1-c1cccc(OC(=O)c2ccc(S(C)(=O)=O)cc2)c1. The Labute approximate surface area is 197 Å². The Bertz CT molecular complexity index is 1460. The van der Waals surface area contributed by atoms with Crippen LogP contribution in [0.15, 0.2) is 77.8 Å². The molecule has 0 spiro atoms. The molecule has 4 rings (SSSR count). The zero-order chi connectivity index (χ0) is 23.8. The maximum absolute atomic E-state index is 12.7. The number of pyridine rings is 1. The average molecular weight is 480 g/mol. The van der Waals surface area contributed by atoms with Crippen LogP contribution in [0.3, 0.4) is 0 Å². The number of aromatic nitrogens is 1. The van der Waals surface area contributed by atoms with E-state index in [4.69, 9.17) is 16.3 Å². The fourth-order valence-corrected chi connectivity index (χ4v) is 4.54. The van der Waals surface area contributed by atoms with Gasteiger partial charge in [-0.25, -0.2) is 13.2 Å². The van der Waals surface area contributed by atoms with Gasteiger partial charge < -0.3 is 4.74 Å². The van der Waals surface area contributed by atoms with E-state index < -0.39 is 15.8 Å². The Balaban J connectivity index is 1.72. The molecule has 1 aromatic heterocycles. The lowest BCUT2D eigenvalue weighted by atomic mass is 9.91. The molecule has 3 aromatic carbocycles. The highest BCUT2D eigenvalue weighted by Gasteiger charge is 2.17. The smallest absolute Gasteiger partial charge is 0.343 e. The second-order valence-corrected chi connectivity index (χ2v) is 10.5. The van der Waals surface area contributed by atoms with E-state index in [2.05, 4.69) is 18.8 Å². The number of sulfone groups is 1. The lowest BCUT2D eigenvalue weighted by molar-refractivity contribution is 0.0734. The van der Waals surface area contributed by atoms with E-state index in [9.17, 15) is 13.2 Å². The molecule has 0 atom stereocenters. The summed E-state index contributed by atoms with van der Waals surface area (Å²) in [6.45, 7) is 4.20. The molecule has 0 bridgehead atoms. The minimum atomic E-state index is -3.34. The molecule has 0 aliphatic carbocycles. The van der Waals surface area contributed by atoms with Crippen LogP contribution in [0.5, 0.6) is 5.75 Å². The minimum Gasteiger partial charge on any atom is -0.423 e. The fraction of sp³-hybridized carbons (Fsp3) is 0.154. The van der Waals surface area contributed by atoms with Crippen LogP contribution in [0.25, 0.3) is 22.0 Å². The average Bonchev–Trinajstić information content (AvgIpc) is 2.78. The van der Waals surface area contributed by atoms with Crippen LogP contribution in [0.4, 0.5) is 0 Å². The van der Waals surface area contributed by atoms with E-state index in [0.717, 1.165) is 28.3 Å². The van der Waals surface area contributed by atoms with Crippen molar-refractivity contribution in [3.05, 3.63) is 89.1 Å². The van der Waals surface area contributed by atoms with Crippen molar-refractivity contribution in [2.75, 3.05) is 6.26 Å². The van der Waals surface area contributed by atoms with Crippen LogP contribution in [0, 0.1) is 0 Å². The summed E-state index contributed by atoms with van der Waals surface area (Å²) in [5, 5.41) is 1.50. The van der Waals surface area contributed by atoms with Crippen LogP contribution in [-0.2, 0) is 9.84 Å². The second kappa shape index (κ2) is 8.96. The Morgan fingerprint density at radius 3 is 2.36 bits per heavy atom. The highest BCUT2D eigenvalue weighted by atomic mass is 35.5. The summed E-state index contributed by atoms with van der Waals surface area (Å²) in [5.41, 5.74) is 3.91. The molecule has 0 aliphatic rings. The van der Waals surface area contributed by atoms with E-state index in [0.29, 0.717) is 16.3 Å². The first kappa shape index (κ1) is 23.0. The first-order valence-electron chi connectivity index (χ1n) is 10.3. The molecule has 0 radical (unpaired) electrons. The van der Waals surface area contributed by atoms with Crippen molar-refractivity contribution in [3.63, 3.8) is 0 Å². The van der Waals surface area contributed by atoms with Crippen molar-refractivity contribution in [1.82, 2.24) is 4.98 Å². The number of carbonyl (C=O) groups is 1. The molecule has 4 aromatic rings. The Morgan fingerprint density at radius 1 is 1.00 bits per heavy atom. The number of nitrogens with zero attached hydrogens (tertiary/aromatic N) is 1. The van der Waals surface area contributed by atoms with Crippen molar-refractivity contribution < 1.29 is 17.9 Å². The summed E-state index contributed by atoms with van der Waals surface area (Å²) in [6.07, 6.45) is 2.96. The number of hydrogen-bond donors (Lipinski definition) is 0. The molecule has 0 aliphatic heterocycles. The Hall–Kier alpha value is -3.22. The lowest BCUT2D eigenvalue weighted by Crippen LogP contribution is -2.09. The molecular weight excluding hydrogens is 458 g/mol. The van der Waals surface area contributed by atoms with Gasteiger partial charge >= 0.3 is 5.97 Å². The third-order valence-corrected chi connectivity index (χ3v) is 6.78. The third kappa shape index (κ3) is 4.77. The Kier molecular flexibility index (Phi) is 6.23. The molecule has 7 heteroatoms. The number of halogens is 1. The largest absolute Gasteiger partial charge is 0.423 e. The Morgan fingerprint density at radius 2 is 1.70 bits per heavy atom. The van der Waals surface area contributed by atoms with E-state index in [1.807, 2.05) is 42.6 Å². The predicted molar refractivity (Wildman–Crippen MR) is 131 cm³/mol. The van der Waals surface area contributed by atoms with Gasteiger partial charge in [0.1, 0.15) is 5.75 Å². The van der Waals surface area contributed by atoms with Crippen molar-refractivity contribution in [3.8, 4) is 16.9 Å². The van der Waals surface area contributed by atoms with Crippen molar-refractivity contribution in [2.45, 2.75) is 24.7 Å². The highest BCUT2D eigenvalue weighted by Crippen LogP contribution is 2.38. The number of esters is 1. The van der Waals surface area contributed by atoms with Gasteiger partial charge in [-0.1, -0.05) is 49.7 Å². The van der Waals surface area contributed by atoms with Crippen LogP contribution in [0.1, 0.15) is 35.7 Å². The first-order valence-corrected chi connectivity index (χ1v) is 12.6. The van der Waals surface area contributed by atoms with Gasteiger partial charge in [0, 0.05) is 17.8 Å². The molecule has 0 fully saturated rings. The van der Waals surface area contributed by atoms with Gasteiger partial charge in [-0.3, -0.25) is 4.98 Å². The van der Waals surface area contributed by atoms with Crippen molar-refractivity contribution >= 4 is 38.3 Å². The number of benzene rings is 3. The van der Waals surface area contributed by atoms with Gasteiger partial charge in [-0.05, 0) is 65.1 Å². The number of para-hydroxylation sites is 1. The maximum Gasteiger partial charge on any atom is 0.343 e. The number of rotatable bonds is 5. The summed E-state index contributed by atoms with van der Waals surface area (Å²) in [4.78, 5) is 17.4. The van der Waals surface area contributed by atoms with Crippen LogP contribution in [0.2, 0.25) is 5.02 Å². The molecule has 0 saturated carbocycles. The number of carbonyl (C=O) groups excluding carboxylic acids is 1. The second-order valence-electron chi connectivity index (χ2n) is 8.09. The summed E-state index contributed by atoms with van der Waals surface area (Å²) in [6, 6.07) is 18.7. The molecule has 168 valence electrons. The zero-order valence-electron chi connectivity index (χ0n) is 18.4. The predicted octanol–water partition coefficient (Wildman–Crippen LogP) is 6.30. The van der Waals surface area contributed by atoms with Gasteiger partial charge in [-0.15, -0.1) is 0 Å². The van der Waals surface area contributed by atoms with Gasteiger partial charge in [0.25, 0.3) is 0 Å². The quantitative estimate of drug-likeness (QED) is 0.248. The molecule has 0 N–H and O–H groups in total. The molecule has 5 nitrogen and oxygen atoms in total. The first-order chi connectivity index (χ1) is 15.6. The normalized spacial score (nSPS) is 11.7.